The van der Waals surface area contributed by atoms with Crippen LogP contribution in [0.3, 0.4) is 0 Å². The van der Waals surface area contributed by atoms with Crippen molar-refractivity contribution in [3.8, 4) is 0 Å². The number of hydrogen-bond acceptors (Lipinski definition) is 4. The highest BCUT2D eigenvalue weighted by Gasteiger charge is 2.29. The molecule has 2 rings (SSSR count). The highest BCUT2D eigenvalue weighted by Crippen LogP contribution is 2.22. The first-order valence-electron chi connectivity index (χ1n) is 8.34. The molecule has 6 heteroatoms. The zero-order chi connectivity index (χ0) is 15.5. The predicted molar refractivity (Wildman–Crippen MR) is 86.9 cm³/mol. The van der Waals surface area contributed by atoms with Crippen LogP contribution in [-0.4, -0.2) is 68.7 Å². The molecule has 2 saturated heterocycles. The Morgan fingerprint density at radius 3 is 2.19 bits per heavy atom. The van der Waals surface area contributed by atoms with Gasteiger partial charge in [0.05, 0.1) is 5.75 Å². The number of nitrogens with one attached hydrogen (secondary N) is 1. The van der Waals surface area contributed by atoms with Gasteiger partial charge in [-0.3, -0.25) is 0 Å². The Morgan fingerprint density at radius 2 is 1.67 bits per heavy atom. The van der Waals surface area contributed by atoms with Gasteiger partial charge in [0.2, 0.25) is 10.0 Å². The van der Waals surface area contributed by atoms with Crippen molar-refractivity contribution < 1.29 is 8.42 Å². The van der Waals surface area contributed by atoms with Gasteiger partial charge in [-0.2, -0.15) is 0 Å². The zero-order valence-electron chi connectivity index (χ0n) is 13.7. The number of likely N-dealkylation sites (tertiary alicyclic amines) is 1. The van der Waals surface area contributed by atoms with Crippen LogP contribution in [0, 0.1) is 5.92 Å². The third-order valence-electron chi connectivity index (χ3n) is 5.18. The number of nitrogens with zero attached hydrogens (tertiary/aromatic N) is 2. The fourth-order valence-corrected chi connectivity index (χ4v) is 4.65. The molecule has 1 N–H and O–H groups in total. The Balaban J connectivity index is 1.75. The summed E-state index contributed by atoms with van der Waals surface area (Å²) < 4.78 is 25.4. The van der Waals surface area contributed by atoms with E-state index in [0.717, 1.165) is 18.8 Å². The molecule has 0 saturated carbocycles. The molecule has 0 aromatic heterocycles. The summed E-state index contributed by atoms with van der Waals surface area (Å²) in [6.07, 6.45) is 4.42. The van der Waals surface area contributed by atoms with Gasteiger partial charge < -0.3 is 10.2 Å². The minimum atomic E-state index is -3.00. The Kier molecular flexibility index (Phi) is 6.05. The Morgan fingerprint density at radius 1 is 1.10 bits per heavy atom. The van der Waals surface area contributed by atoms with Gasteiger partial charge in [-0.25, -0.2) is 12.7 Å². The summed E-state index contributed by atoms with van der Waals surface area (Å²) in [6, 6.07) is 1.01. The van der Waals surface area contributed by atoms with E-state index in [1.807, 2.05) is 0 Å². The van der Waals surface area contributed by atoms with Crippen molar-refractivity contribution >= 4 is 10.0 Å². The van der Waals surface area contributed by atoms with E-state index < -0.39 is 10.0 Å². The average molecular weight is 317 g/mol. The summed E-state index contributed by atoms with van der Waals surface area (Å²) in [5, 5.41) is 3.75. The molecule has 2 heterocycles. The van der Waals surface area contributed by atoms with Crippen LogP contribution < -0.4 is 5.32 Å². The number of piperidine rings is 2. The van der Waals surface area contributed by atoms with Crippen LogP contribution in [0.25, 0.3) is 0 Å². The molecule has 0 aliphatic carbocycles. The minimum Gasteiger partial charge on any atom is -0.311 e. The predicted octanol–water partition coefficient (Wildman–Crippen LogP) is 1.12. The molecule has 2 aliphatic heterocycles. The van der Waals surface area contributed by atoms with Crippen molar-refractivity contribution in [3.63, 3.8) is 0 Å². The first-order chi connectivity index (χ1) is 9.92. The molecule has 0 spiro atoms. The van der Waals surface area contributed by atoms with E-state index in [4.69, 9.17) is 0 Å². The van der Waals surface area contributed by atoms with Crippen molar-refractivity contribution in [3.05, 3.63) is 0 Å². The molecule has 0 aromatic carbocycles. The maximum atomic E-state index is 11.9. The SMILES string of the molecule is CCS(=O)(=O)N1CCC(NC(C)C2CCN(C)CC2)CC1. The molecule has 1 atom stereocenters. The summed E-state index contributed by atoms with van der Waals surface area (Å²) in [7, 11) is -0.807. The monoisotopic (exact) mass is 317 g/mol. The lowest BCUT2D eigenvalue weighted by Gasteiger charge is -2.37. The second kappa shape index (κ2) is 7.40. The lowest BCUT2D eigenvalue weighted by molar-refractivity contribution is 0.174. The third kappa shape index (κ3) is 4.65. The standard InChI is InChI=1S/C15H31N3O2S/c1-4-21(19,20)18-11-7-15(8-12-18)16-13(2)14-5-9-17(3)10-6-14/h13-16H,4-12H2,1-3H3. The number of hydrogen-bond donors (Lipinski definition) is 1. The Hall–Kier alpha value is -0.170. The maximum absolute atomic E-state index is 11.9. The van der Waals surface area contributed by atoms with Crippen molar-refractivity contribution in [2.75, 3.05) is 39.0 Å². The molecule has 2 fully saturated rings. The van der Waals surface area contributed by atoms with Gasteiger partial charge in [0.25, 0.3) is 0 Å². The summed E-state index contributed by atoms with van der Waals surface area (Å²) in [5.41, 5.74) is 0. The molecular weight excluding hydrogens is 286 g/mol. The first kappa shape index (κ1) is 17.2. The topological polar surface area (TPSA) is 52.7 Å². The van der Waals surface area contributed by atoms with Crippen molar-refractivity contribution in [1.82, 2.24) is 14.5 Å². The molecule has 124 valence electrons. The zero-order valence-corrected chi connectivity index (χ0v) is 14.5. The maximum Gasteiger partial charge on any atom is 0.213 e. The molecule has 0 radical (unpaired) electrons. The molecule has 0 amide bonds. The molecule has 2 aliphatic rings. The van der Waals surface area contributed by atoms with Gasteiger partial charge in [-0.1, -0.05) is 0 Å². The Bertz CT molecular complexity index is 411. The lowest BCUT2D eigenvalue weighted by atomic mass is 9.89. The summed E-state index contributed by atoms with van der Waals surface area (Å²) in [6.45, 7) is 7.77. The summed E-state index contributed by atoms with van der Waals surface area (Å²) in [5.74, 6) is 0.982. The van der Waals surface area contributed by atoms with E-state index >= 15 is 0 Å². The molecule has 5 nitrogen and oxygen atoms in total. The normalized spacial score (nSPS) is 26.0. The van der Waals surface area contributed by atoms with Crippen molar-refractivity contribution in [1.29, 1.82) is 0 Å². The van der Waals surface area contributed by atoms with Crippen LogP contribution in [0.15, 0.2) is 0 Å². The quantitative estimate of drug-likeness (QED) is 0.826. The second-order valence-electron chi connectivity index (χ2n) is 6.67. The van der Waals surface area contributed by atoms with Gasteiger partial charge in [-0.05, 0) is 65.6 Å². The summed E-state index contributed by atoms with van der Waals surface area (Å²) in [4.78, 5) is 2.40. The van der Waals surface area contributed by atoms with Gasteiger partial charge in [0.15, 0.2) is 0 Å². The van der Waals surface area contributed by atoms with Gasteiger partial charge in [0, 0.05) is 25.2 Å². The molecule has 0 aromatic rings. The number of sulfonamides is 1. The first-order valence-corrected chi connectivity index (χ1v) is 9.95. The lowest BCUT2D eigenvalue weighted by Crippen LogP contribution is -2.50. The van der Waals surface area contributed by atoms with Crippen molar-refractivity contribution in [2.45, 2.75) is 51.6 Å². The smallest absolute Gasteiger partial charge is 0.213 e. The second-order valence-corrected chi connectivity index (χ2v) is 8.93. The van der Waals surface area contributed by atoms with Gasteiger partial charge >= 0.3 is 0 Å². The average Bonchev–Trinajstić information content (AvgIpc) is 2.48. The third-order valence-corrected chi connectivity index (χ3v) is 7.06. The highest BCUT2D eigenvalue weighted by atomic mass is 32.2. The Labute approximate surface area is 130 Å². The van der Waals surface area contributed by atoms with Crippen LogP contribution in [0.5, 0.6) is 0 Å². The van der Waals surface area contributed by atoms with Crippen LogP contribution >= 0.6 is 0 Å². The van der Waals surface area contributed by atoms with E-state index in [1.54, 1.807) is 11.2 Å². The van der Waals surface area contributed by atoms with Gasteiger partial charge in [0.1, 0.15) is 0 Å². The molecular formula is C15H31N3O2S. The van der Waals surface area contributed by atoms with E-state index in [1.165, 1.54) is 25.9 Å². The molecule has 1 unspecified atom stereocenters. The number of rotatable bonds is 5. The largest absolute Gasteiger partial charge is 0.311 e. The van der Waals surface area contributed by atoms with E-state index in [-0.39, 0.29) is 5.75 Å². The van der Waals surface area contributed by atoms with Crippen LogP contribution in [0.2, 0.25) is 0 Å². The molecule has 21 heavy (non-hydrogen) atoms. The van der Waals surface area contributed by atoms with E-state index in [2.05, 4.69) is 24.2 Å². The highest BCUT2D eigenvalue weighted by molar-refractivity contribution is 7.89. The van der Waals surface area contributed by atoms with Crippen LogP contribution in [0.1, 0.15) is 39.5 Å². The fraction of sp³-hybridized carbons (Fsp3) is 1.00. The van der Waals surface area contributed by atoms with E-state index in [9.17, 15) is 8.42 Å². The van der Waals surface area contributed by atoms with Gasteiger partial charge in [-0.15, -0.1) is 0 Å². The van der Waals surface area contributed by atoms with Crippen LogP contribution in [0.4, 0.5) is 0 Å². The minimum absolute atomic E-state index is 0.219. The fourth-order valence-electron chi connectivity index (χ4n) is 3.52. The molecule has 0 bridgehead atoms. The van der Waals surface area contributed by atoms with E-state index in [0.29, 0.717) is 25.2 Å². The summed E-state index contributed by atoms with van der Waals surface area (Å²) >= 11 is 0. The van der Waals surface area contributed by atoms with Crippen molar-refractivity contribution in [2.24, 2.45) is 5.92 Å². The van der Waals surface area contributed by atoms with Crippen LogP contribution in [-0.2, 0) is 10.0 Å².